The van der Waals surface area contributed by atoms with Crippen LogP contribution in [-0.4, -0.2) is 22.8 Å². The Morgan fingerprint density at radius 2 is 1.82 bits per heavy atom. The summed E-state index contributed by atoms with van der Waals surface area (Å²) in [6.45, 7) is 0.314. The smallest absolute Gasteiger partial charge is 0.255 e. The first kappa shape index (κ1) is 21.6. The van der Waals surface area contributed by atoms with Gasteiger partial charge in [0.25, 0.3) is 5.91 Å². The third-order valence-electron chi connectivity index (χ3n) is 5.14. The molecule has 0 radical (unpaired) electrons. The number of methoxy groups -OCH3 is 1. The lowest BCUT2D eigenvalue weighted by Gasteiger charge is -2.09. The van der Waals surface area contributed by atoms with Gasteiger partial charge in [0.05, 0.1) is 18.4 Å². The summed E-state index contributed by atoms with van der Waals surface area (Å²) in [5.41, 5.74) is 9.36. The van der Waals surface area contributed by atoms with E-state index in [4.69, 9.17) is 10.5 Å². The molecule has 0 spiro atoms. The third kappa shape index (κ3) is 4.38. The van der Waals surface area contributed by atoms with E-state index in [1.807, 2.05) is 24.3 Å². The molecule has 1 amide bonds. The molecule has 0 aliphatic rings. The average molecular weight is 441 g/mol. The van der Waals surface area contributed by atoms with Crippen molar-refractivity contribution in [1.82, 2.24) is 15.1 Å². The van der Waals surface area contributed by atoms with Gasteiger partial charge in [0.1, 0.15) is 34.7 Å². The van der Waals surface area contributed by atoms with Crippen molar-refractivity contribution < 1.29 is 13.9 Å². The minimum atomic E-state index is -0.376. The zero-order valence-electron chi connectivity index (χ0n) is 17.7. The number of carbonyl (C=O) groups excluding carboxylic acids is 1. The predicted octanol–water partition coefficient (Wildman–Crippen LogP) is 4.07. The lowest BCUT2D eigenvalue weighted by Crippen LogP contribution is -2.23. The second-order valence-corrected chi connectivity index (χ2v) is 7.19. The van der Waals surface area contributed by atoms with Crippen molar-refractivity contribution in [3.63, 3.8) is 0 Å². The predicted molar refractivity (Wildman–Crippen MR) is 122 cm³/mol. The minimum Gasteiger partial charge on any atom is -0.496 e. The molecular weight excluding hydrogens is 421 g/mol. The highest BCUT2D eigenvalue weighted by Gasteiger charge is 2.18. The van der Waals surface area contributed by atoms with E-state index in [-0.39, 0.29) is 23.1 Å². The van der Waals surface area contributed by atoms with Gasteiger partial charge >= 0.3 is 0 Å². The van der Waals surface area contributed by atoms with Crippen LogP contribution < -0.4 is 15.8 Å². The van der Waals surface area contributed by atoms with Gasteiger partial charge in [-0.2, -0.15) is 10.4 Å². The number of benzene rings is 3. The second kappa shape index (κ2) is 9.24. The number of nitrogens with one attached hydrogen (secondary N) is 1. The molecule has 3 aromatic carbocycles. The lowest BCUT2D eigenvalue weighted by molar-refractivity contribution is 0.0948. The Morgan fingerprint density at radius 3 is 2.48 bits per heavy atom. The van der Waals surface area contributed by atoms with Crippen molar-refractivity contribution in [3.8, 4) is 28.8 Å². The maximum Gasteiger partial charge on any atom is 0.255 e. The first-order valence-electron chi connectivity index (χ1n) is 10.1. The summed E-state index contributed by atoms with van der Waals surface area (Å²) in [5.74, 6) is 0.0590. The first-order chi connectivity index (χ1) is 16.0. The zero-order valence-corrected chi connectivity index (χ0v) is 17.7. The van der Waals surface area contributed by atoms with Crippen LogP contribution in [0.1, 0.15) is 21.5 Å². The Balaban J connectivity index is 1.54. The van der Waals surface area contributed by atoms with Crippen LogP contribution in [0.3, 0.4) is 0 Å². The molecule has 164 valence electrons. The topological polar surface area (TPSA) is 106 Å². The van der Waals surface area contributed by atoms with Gasteiger partial charge in [-0.3, -0.25) is 4.79 Å². The summed E-state index contributed by atoms with van der Waals surface area (Å²) < 4.78 is 19.9. The minimum absolute atomic E-state index is 0.173. The molecule has 8 heteroatoms. The summed E-state index contributed by atoms with van der Waals surface area (Å²) in [6.07, 6.45) is 0. The van der Waals surface area contributed by atoms with E-state index in [0.29, 0.717) is 34.8 Å². The Kier molecular flexibility index (Phi) is 6.04. The van der Waals surface area contributed by atoms with Crippen molar-refractivity contribution in [2.45, 2.75) is 6.54 Å². The van der Waals surface area contributed by atoms with E-state index >= 15 is 0 Å². The number of para-hydroxylation sites is 1. The van der Waals surface area contributed by atoms with Crippen LogP contribution in [-0.2, 0) is 6.54 Å². The van der Waals surface area contributed by atoms with E-state index in [0.717, 1.165) is 5.56 Å². The monoisotopic (exact) mass is 441 g/mol. The SMILES string of the molecule is COc1ccccc1C(=O)NCc1ccc(-c2nn(-c3ccc(F)cc3)c(N)c2C#N)cc1. The summed E-state index contributed by atoms with van der Waals surface area (Å²) >= 11 is 0. The average Bonchev–Trinajstić information content (AvgIpc) is 3.19. The van der Waals surface area contributed by atoms with Gasteiger partial charge in [-0.15, -0.1) is 0 Å². The van der Waals surface area contributed by atoms with Crippen LogP contribution in [0.2, 0.25) is 0 Å². The molecular formula is C25H20FN5O2. The van der Waals surface area contributed by atoms with Crippen molar-refractivity contribution >= 4 is 11.7 Å². The number of nitrogen functional groups attached to an aromatic ring is 1. The molecule has 0 unspecified atom stereocenters. The molecule has 7 nitrogen and oxygen atoms in total. The van der Waals surface area contributed by atoms with Gasteiger partial charge in [0.15, 0.2) is 0 Å². The zero-order chi connectivity index (χ0) is 23.4. The van der Waals surface area contributed by atoms with Crippen LogP contribution in [0.15, 0.2) is 72.8 Å². The van der Waals surface area contributed by atoms with Crippen LogP contribution in [0.25, 0.3) is 16.9 Å². The maximum atomic E-state index is 13.3. The van der Waals surface area contributed by atoms with E-state index in [2.05, 4.69) is 16.5 Å². The molecule has 4 aromatic rings. The molecule has 0 saturated heterocycles. The highest BCUT2D eigenvalue weighted by molar-refractivity contribution is 5.96. The number of anilines is 1. The molecule has 1 heterocycles. The maximum absolute atomic E-state index is 13.3. The van der Waals surface area contributed by atoms with Crippen LogP contribution in [0.5, 0.6) is 5.75 Å². The molecule has 33 heavy (non-hydrogen) atoms. The number of nitrogens with zero attached hydrogens (tertiary/aromatic N) is 3. The van der Waals surface area contributed by atoms with Crippen LogP contribution in [0.4, 0.5) is 10.2 Å². The van der Waals surface area contributed by atoms with Crippen molar-refractivity contribution in [1.29, 1.82) is 5.26 Å². The molecule has 0 atom stereocenters. The van der Waals surface area contributed by atoms with E-state index < -0.39 is 0 Å². The van der Waals surface area contributed by atoms with Gasteiger partial charge in [-0.1, -0.05) is 36.4 Å². The molecule has 4 rings (SSSR count). The second-order valence-electron chi connectivity index (χ2n) is 7.19. The number of carbonyl (C=O) groups is 1. The van der Waals surface area contributed by atoms with Gasteiger partial charge in [-0.25, -0.2) is 9.07 Å². The molecule has 0 bridgehead atoms. The molecule has 0 aliphatic carbocycles. The molecule has 0 fully saturated rings. The fourth-order valence-electron chi connectivity index (χ4n) is 3.41. The number of nitriles is 1. The van der Waals surface area contributed by atoms with Gasteiger partial charge in [0, 0.05) is 12.1 Å². The Bertz CT molecular complexity index is 1340. The molecule has 0 aliphatic heterocycles. The first-order valence-corrected chi connectivity index (χ1v) is 10.1. The van der Waals surface area contributed by atoms with Gasteiger partial charge in [-0.05, 0) is 42.0 Å². The Hall–Kier alpha value is -4.64. The Labute approximate surface area is 189 Å². The van der Waals surface area contributed by atoms with Crippen molar-refractivity contribution in [2.24, 2.45) is 0 Å². The highest BCUT2D eigenvalue weighted by atomic mass is 19.1. The number of hydrogen-bond acceptors (Lipinski definition) is 5. The number of aromatic nitrogens is 2. The third-order valence-corrected chi connectivity index (χ3v) is 5.14. The fraction of sp³-hybridized carbons (Fsp3) is 0.0800. The van der Waals surface area contributed by atoms with Gasteiger partial charge in [0.2, 0.25) is 0 Å². The number of nitrogens with two attached hydrogens (primary N) is 1. The number of amides is 1. The van der Waals surface area contributed by atoms with Crippen LogP contribution in [0, 0.1) is 17.1 Å². The largest absolute Gasteiger partial charge is 0.496 e. The summed E-state index contributed by atoms with van der Waals surface area (Å²) in [5, 5.41) is 17.0. The van der Waals surface area contributed by atoms with E-state index in [9.17, 15) is 14.4 Å². The van der Waals surface area contributed by atoms with E-state index in [1.165, 1.54) is 36.1 Å². The standard InChI is InChI=1S/C25H20FN5O2/c1-33-22-5-3-2-4-20(22)25(32)29-15-16-6-8-17(9-7-16)23-21(14-27)24(28)31(30-23)19-12-10-18(26)11-13-19/h2-13H,15,28H2,1H3,(H,29,32). The molecule has 1 aromatic heterocycles. The van der Waals surface area contributed by atoms with Crippen molar-refractivity contribution in [2.75, 3.05) is 12.8 Å². The highest BCUT2D eigenvalue weighted by Crippen LogP contribution is 2.29. The normalized spacial score (nSPS) is 10.5. The summed E-state index contributed by atoms with van der Waals surface area (Å²) in [4.78, 5) is 12.5. The number of rotatable bonds is 6. The van der Waals surface area contributed by atoms with Crippen LogP contribution >= 0.6 is 0 Å². The molecule has 0 saturated carbocycles. The van der Waals surface area contributed by atoms with Crippen molar-refractivity contribution in [3.05, 3.63) is 95.3 Å². The molecule has 3 N–H and O–H groups in total. The fourth-order valence-corrected chi connectivity index (χ4v) is 3.41. The number of halogens is 1. The summed E-state index contributed by atoms with van der Waals surface area (Å²) in [6, 6.07) is 22.1. The van der Waals surface area contributed by atoms with Gasteiger partial charge < -0.3 is 15.8 Å². The number of hydrogen-bond donors (Lipinski definition) is 2. The number of ether oxygens (including phenoxy) is 1. The summed E-state index contributed by atoms with van der Waals surface area (Å²) in [7, 11) is 1.52. The Morgan fingerprint density at radius 1 is 1.12 bits per heavy atom. The van der Waals surface area contributed by atoms with E-state index in [1.54, 1.807) is 24.3 Å². The quantitative estimate of drug-likeness (QED) is 0.469. The lowest BCUT2D eigenvalue weighted by atomic mass is 10.1.